The monoisotopic (exact) mass is 171 g/mol. The molecule has 1 heterocycles. The normalized spacial score (nSPS) is 30.8. The number of hydrogen-bond acceptors (Lipinski definition) is 1. The van der Waals surface area contributed by atoms with E-state index in [1.807, 2.05) is 0 Å². The highest BCUT2D eigenvalue weighted by molar-refractivity contribution is 4.71. The summed E-state index contributed by atoms with van der Waals surface area (Å²) < 4.78 is 0. The molecule has 1 aliphatic heterocycles. The highest BCUT2D eigenvalue weighted by Crippen LogP contribution is 2.18. The van der Waals surface area contributed by atoms with Crippen molar-refractivity contribution in [1.29, 1.82) is 0 Å². The van der Waals surface area contributed by atoms with Crippen molar-refractivity contribution in [2.24, 2.45) is 11.8 Å². The van der Waals surface area contributed by atoms with E-state index in [0.717, 1.165) is 11.8 Å². The van der Waals surface area contributed by atoms with Crippen LogP contribution in [0.15, 0.2) is 0 Å². The topological polar surface area (TPSA) is 3.24 Å². The molecule has 2 atom stereocenters. The zero-order chi connectivity index (χ0) is 9.56. The van der Waals surface area contributed by atoms with E-state index < -0.39 is 0 Å². The van der Waals surface area contributed by atoms with E-state index in [0.29, 0.717) is 0 Å². The molecule has 1 aliphatic rings. The maximum absolute atomic E-state index is 2.43. The van der Waals surface area contributed by atoms with Crippen LogP contribution in [0.3, 0.4) is 0 Å². The molecule has 0 spiro atoms. The molecule has 0 aromatic carbocycles. The Morgan fingerprint density at radius 3 is 1.67 bits per heavy atom. The summed E-state index contributed by atoms with van der Waals surface area (Å²) in [6.45, 7) is 11.5. The smallest absolute Gasteiger partial charge is 0.000419 e. The molecule has 1 heteroatoms. The lowest BCUT2D eigenvalue weighted by molar-refractivity contribution is 0.171. The molecule has 0 unspecified atom stereocenters. The average molecular weight is 171 g/mol. The molecule has 0 radical (unpaired) electrons. The first-order valence-corrected chi connectivity index (χ1v) is 5.28. The summed E-state index contributed by atoms with van der Waals surface area (Å²) in [5, 5.41) is 0. The summed E-state index contributed by atoms with van der Waals surface area (Å²) >= 11 is 0. The van der Waals surface area contributed by atoms with Gasteiger partial charge in [0.25, 0.3) is 0 Å². The van der Waals surface area contributed by atoms with Crippen molar-refractivity contribution in [3.05, 3.63) is 0 Å². The van der Waals surface area contributed by atoms with Gasteiger partial charge in [0.15, 0.2) is 0 Å². The average Bonchev–Trinajstić information content (AvgIpc) is 1.84. The van der Waals surface area contributed by atoms with Crippen LogP contribution in [0.1, 0.15) is 40.5 Å². The summed E-state index contributed by atoms with van der Waals surface area (Å²) in [4.78, 5) is 2.43. The Balaban J connectivity index is 0.000000354. The molecule has 0 bridgehead atoms. The van der Waals surface area contributed by atoms with Crippen LogP contribution in [0.5, 0.6) is 0 Å². The lowest BCUT2D eigenvalue weighted by atomic mass is 9.92. The van der Waals surface area contributed by atoms with Crippen LogP contribution in [-0.4, -0.2) is 25.0 Å². The van der Waals surface area contributed by atoms with Crippen LogP contribution in [0.25, 0.3) is 0 Å². The molecule has 0 aliphatic carbocycles. The van der Waals surface area contributed by atoms with Crippen LogP contribution in [-0.2, 0) is 0 Å². The highest BCUT2D eigenvalue weighted by Gasteiger charge is 2.17. The molecule has 0 saturated carbocycles. The van der Waals surface area contributed by atoms with Crippen molar-refractivity contribution in [3.63, 3.8) is 0 Å². The van der Waals surface area contributed by atoms with E-state index >= 15 is 0 Å². The number of nitrogens with zero attached hydrogens (tertiary/aromatic N) is 1. The molecule has 74 valence electrons. The summed E-state index contributed by atoms with van der Waals surface area (Å²) in [7, 11) is 2.21. The van der Waals surface area contributed by atoms with Gasteiger partial charge in [-0.15, -0.1) is 0 Å². The second kappa shape index (κ2) is 6.47. The lowest BCUT2D eigenvalue weighted by Gasteiger charge is -2.31. The number of piperidine rings is 1. The SMILES string of the molecule is CCC.C[C@@H]1C[C@H](C)CN(C)C1. The van der Waals surface area contributed by atoms with Crippen molar-refractivity contribution in [3.8, 4) is 0 Å². The lowest BCUT2D eigenvalue weighted by Crippen LogP contribution is -2.35. The summed E-state index contributed by atoms with van der Waals surface area (Å²) in [5.74, 6) is 1.83. The minimum atomic E-state index is 0.916. The molecule has 1 nitrogen and oxygen atoms in total. The fourth-order valence-corrected chi connectivity index (χ4v) is 1.97. The maximum atomic E-state index is 2.43. The molecular formula is C11H25N. The van der Waals surface area contributed by atoms with E-state index in [9.17, 15) is 0 Å². The van der Waals surface area contributed by atoms with Gasteiger partial charge in [-0.2, -0.15) is 0 Å². The van der Waals surface area contributed by atoms with Gasteiger partial charge in [0, 0.05) is 13.1 Å². The quantitative estimate of drug-likeness (QED) is 0.541. The molecule has 1 saturated heterocycles. The number of likely N-dealkylation sites (tertiary alicyclic amines) is 1. The van der Waals surface area contributed by atoms with Crippen molar-refractivity contribution < 1.29 is 0 Å². The van der Waals surface area contributed by atoms with Gasteiger partial charge in [0.2, 0.25) is 0 Å². The second-order valence-electron chi connectivity index (χ2n) is 4.37. The molecule has 0 aromatic heterocycles. The van der Waals surface area contributed by atoms with E-state index in [1.165, 1.54) is 25.9 Å². The van der Waals surface area contributed by atoms with Crippen LogP contribution in [0.2, 0.25) is 0 Å². The second-order valence-corrected chi connectivity index (χ2v) is 4.37. The zero-order valence-electron chi connectivity index (χ0n) is 9.43. The molecule has 0 N–H and O–H groups in total. The molecular weight excluding hydrogens is 146 g/mol. The first-order valence-electron chi connectivity index (χ1n) is 5.28. The van der Waals surface area contributed by atoms with Gasteiger partial charge >= 0.3 is 0 Å². The molecule has 0 amide bonds. The minimum absolute atomic E-state index is 0.916. The summed E-state index contributed by atoms with van der Waals surface area (Å²) in [6.07, 6.45) is 2.67. The Bertz CT molecular complexity index is 76.2. The van der Waals surface area contributed by atoms with Gasteiger partial charge in [-0.1, -0.05) is 34.1 Å². The Labute approximate surface area is 78.1 Å². The largest absolute Gasteiger partial charge is 0.306 e. The third-order valence-corrected chi connectivity index (χ3v) is 2.05. The number of hydrogen-bond donors (Lipinski definition) is 0. The van der Waals surface area contributed by atoms with Crippen LogP contribution in [0.4, 0.5) is 0 Å². The van der Waals surface area contributed by atoms with Crippen LogP contribution >= 0.6 is 0 Å². The predicted octanol–water partition coefficient (Wildman–Crippen LogP) is 3.01. The van der Waals surface area contributed by atoms with Crippen LogP contribution in [0, 0.1) is 11.8 Å². The van der Waals surface area contributed by atoms with Crippen molar-refractivity contribution in [2.45, 2.75) is 40.5 Å². The van der Waals surface area contributed by atoms with Crippen molar-refractivity contribution in [1.82, 2.24) is 4.90 Å². The fraction of sp³-hybridized carbons (Fsp3) is 1.00. The zero-order valence-corrected chi connectivity index (χ0v) is 9.43. The van der Waals surface area contributed by atoms with Gasteiger partial charge < -0.3 is 4.90 Å². The Morgan fingerprint density at radius 1 is 1.08 bits per heavy atom. The van der Waals surface area contributed by atoms with Crippen LogP contribution < -0.4 is 0 Å². The standard InChI is InChI=1S/C8H17N.C3H8/c1-7-4-8(2)6-9(3)5-7;1-3-2/h7-8H,4-6H2,1-3H3;3H2,1-2H3/t7-,8+;. The molecule has 12 heavy (non-hydrogen) atoms. The summed E-state index contributed by atoms with van der Waals surface area (Å²) in [5.41, 5.74) is 0. The van der Waals surface area contributed by atoms with E-state index in [-0.39, 0.29) is 0 Å². The fourth-order valence-electron chi connectivity index (χ4n) is 1.97. The van der Waals surface area contributed by atoms with E-state index in [1.54, 1.807) is 0 Å². The third-order valence-electron chi connectivity index (χ3n) is 2.05. The van der Waals surface area contributed by atoms with Gasteiger partial charge in [-0.25, -0.2) is 0 Å². The van der Waals surface area contributed by atoms with E-state index in [2.05, 4.69) is 39.6 Å². The van der Waals surface area contributed by atoms with Gasteiger partial charge in [0.1, 0.15) is 0 Å². The first-order chi connectivity index (χ1) is 5.60. The van der Waals surface area contributed by atoms with Gasteiger partial charge in [-0.05, 0) is 25.3 Å². The Hall–Kier alpha value is -0.0400. The minimum Gasteiger partial charge on any atom is -0.306 e. The Morgan fingerprint density at radius 2 is 1.42 bits per heavy atom. The molecule has 1 rings (SSSR count). The van der Waals surface area contributed by atoms with Gasteiger partial charge in [-0.3, -0.25) is 0 Å². The number of rotatable bonds is 0. The molecule has 1 fully saturated rings. The first kappa shape index (κ1) is 12.0. The van der Waals surface area contributed by atoms with E-state index in [4.69, 9.17) is 0 Å². The Kier molecular flexibility index (Phi) is 6.45. The molecule has 0 aromatic rings. The third kappa shape index (κ3) is 5.59. The van der Waals surface area contributed by atoms with Gasteiger partial charge in [0.05, 0.1) is 0 Å². The highest BCUT2D eigenvalue weighted by atomic mass is 15.1. The maximum Gasteiger partial charge on any atom is 0.000419 e. The predicted molar refractivity (Wildman–Crippen MR) is 56.4 cm³/mol. The van der Waals surface area contributed by atoms with Crippen molar-refractivity contribution in [2.75, 3.05) is 20.1 Å². The van der Waals surface area contributed by atoms with Crippen molar-refractivity contribution >= 4 is 0 Å². The summed E-state index contributed by atoms with van der Waals surface area (Å²) in [6, 6.07) is 0.